The fourth-order valence-corrected chi connectivity index (χ4v) is 1.77. The zero-order valence-corrected chi connectivity index (χ0v) is 12.2. The minimum Gasteiger partial charge on any atom is -0.351 e. The largest absolute Gasteiger partial charge is 0.351 e. The molecule has 0 aliphatic rings. The number of aryl methyl sites for hydroxylation is 2. The van der Waals surface area contributed by atoms with Crippen LogP contribution in [0, 0.1) is 13.8 Å². The average molecular weight is 282 g/mol. The fraction of sp³-hybridized carbons (Fsp3) is 0.188. The van der Waals surface area contributed by atoms with Crippen molar-refractivity contribution in [3.05, 3.63) is 59.9 Å². The van der Waals surface area contributed by atoms with Crippen molar-refractivity contribution in [2.24, 2.45) is 0 Å². The van der Waals surface area contributed by atoms with Gasteiger partial charge in [0, 0.05) is 24.6 Å². The molecule has 108 valence electrons. The lowest BCUT2D eigenvalue weighted by atomic mass is 10.1. The van der Waals surface area contributed by atoms with Gasteiger partial charge in [-0.25, -0.2) is 9.97 Å². The van der Waals surface area contributed by atoms with Gasteiger partial charge in [-0.05, 0) is 31.0 Å². The van der Waals surface area contributed by atoms with E-state index in [9.17, 15) is 4.79 Å². The van der Waals surface area contributed by atoms with Gasteiger partial charge in [0.05, 0.1) is 5.56 Å². The molecule has 1 amide bonds. The van der Waals surface area contributed by atoms with Crippen LogP contribution in [0.3, 0.4) is 0 Å². The Morgan fingerprint density at radius 2 is 2.00 bits per heavy atom. The standard InChI is InChI=1S/C16H18N4O/c1-4-7-17-16-18-9-13(10-19-16)15(21)20-14-8-11(2)5-6-12(14)3/h4-6,8-10H,1,7H2,2-3H3,(H,20,21)(H,17,18,19). The van der Waals surface area contributed by atoms with E-state index in [2.05, 4.69) is 27.2 Å². The van der Waals surface area contributed by atoms with Crippen LogP contribution in [-0.2, 0) is 0 Å². The Hall–Kier alpha value is -2.69. The molecule has 1 heterocycles. The number of hydrogen-bond donors (Lipinski definition) is 2. The second-order valence-corrected chi connectivity index (χ2v) is 4.74. The van der Waals surface area contributed by atoms with Crippen LogP contribution in [0.5, 0.6) is 0 Å². The Kier molecular flexibility index (Phi) is 4.66. The van der Waals surface area contributed by atoms with Crippen LogP contribution in [-0.4, -0.2) is 22.4 Å². The maximum atomic E-state index is 12.2. The monoisotopic (exact) mass is 282 g/mol. The van der Waals surface area contributed by atoms with Gasteiger partial charge in [0.15, 0.2) is 0 Å². The molecule has 5 nitrogen and oxygen atoms in total. The molecule has 1 aromatic heterocycles. The summed E-state index contributed by atoms with van der Waals surface area (Å²) in [5, 5.41) is 5.83. The average Bonchev–Trinajstić information content (AvgIpc) is 2.49. The fourth-order valence-electron chi connectivity index (χ4n) is 1.77. The van der Waals surface area contributed by atoms with Gasteiger partial charge < -0.3 is 10.6 Å². The number of rotatable bonds is 5. The van der Waals surface area contributed by atoms with E-state index in [1.54, 1.807) is 6.08 Å². The van der Waals surface area contributed by atoms with Crippen LogP contribution in [0.1, 0.15) is 21.5 Å². The van der Waals surface area contributed by atoms with Gasteiger partial charge >= 0.3 is 0 Å². The number of nitrogens with zero attached hydrogens (tertiary/aromatic N) is 2. The SMILES string of the molecule is C=CCNc1ncc(C(=O)Nc2cc(C)ccc2C)cn1. The molecule has 0 aliphatic carbocycles. The van der Waals surface area contributed by atoms with Crippen molar-refractivity contribution in [3.63, 3.8) is 0 Å². The number of nitrogens with one attached hydrogen (secondary N) is 2. The van der Waals surface area contributed by atoms with Gasteiger partial charge in [-0.1, -0.05) is 18.2 Å². The van der Waals surface area contributed by atoms with Crippen LogP contribution >= 0.6 is 0 Å². The van der Waals surface area contributed by atoms with E-state index in [0.717, 1.165) is 16.8 Å². The van der Waals surface area contributed by atoms with Gasteiger partial charge in [-0.2, -0.15) is 0 Å². The summed E-state index contributed by atoms with van der Waals surface area (Å²) in [5.41, 5.74) is 3.32. The van der Waals surface area contributed by atoms with Crippen molar-refractivity contribution >= 4 is 17.5 Å². The second-order valence-electron chi connectivity index (χ2n) is 4.74. The summed E-state index contributed by atoms with van der Waals surface area (Å²) < 4.78 is 0. The molecule has 0 radical (unpaired) electrons. The second kappa shape index (κ2) is 6.65. The predicted molar refractivity (Wildman–Crippen MR) is 84.6 cm³/mol. The Labute approximate surface area is 124 Å². The maximum Gasteiger partial charge on any atom is 0.258 e. The molecule has 1 aromatic carbocycles. The van der Waals surface area contributed by atoms with Gasteiger partial charge in [0.1, 0.15) is 0 Å². The van der Waals surface area contributed by atoms with Crippen molar-refractivity contribution in [3.8, 4) is 0 Å². The summed E-state index contributed by atoms with van der Waals surface area (Å²) in [4.78, 5) is 20.4. The lowest BCUT2D eigenvalue weighted by Crippen LogP contribution is -2.14. The highest BCUT2D eigenvalue weighted by molar-refractivity contribution is 6.04. The first-order valence-electron chi connectivity index (χ1n) is 6.65. The summed E-state index contributed by atoms with van der Waals surface area (Å²) in [6.07, 6.45) is 4.71. The lowest BCUT2D eigenvalue weighted by Gasteiger charge is -2.09. The van der Waals surface area contributed by atoms with Crippen molar-refractivity contribution in [1.82, 2.24) is 9.97 Å². The molecule has 0 spiro atoms. The van der Waals surface area contributed by atoms with E-state index >= 15 is 0 Å². The summed E-state index contributed by atoms with van der Waals surface area (Å²) in [7, 11) is 0. The van der Waals surface area contributed by atoms with Gasteiger partial charge in [0.2, 0.25) is 5.95 Å². The summed E-state index contributed by atoms with van der Waals surface area (Å²) in [6, 6.07) is 5.92. The van der Waals surface area contributed by atoms with Crippen LogP contribution in [0.15, 0.2) is 43.2 Å². The lowest BCUT2D eigenvalue weighted by molar-refractivity contribution is 0.102. The number of anilines is 2. The molecule has 0 unspecified atom stereocenters. The Morgan fingerprint density at radius 3 is 2.67 bits per heavy atom. The van der Waals surface area contributed by atoms with Crippen molar-refractivity contribution in [1.29, 1.82) is 0 Å². The van der Waals surface area contributed by atoms with E-state index in [1.165, 1.54) is 12.4 Å². The number of carbonyl (C=O) groups is 1. The smallest absolute Gasteiger partial charge is 0.258 e. The zero-order chi connectivity index (χ0) is 15.2. The Morgan fingerprint density at radius 1 is 1.29 bits per heavy atom. The summed E-state index contributed by atoms with van der Waals surface area (Å²) in [5.74, 6) is 0.247. The summed E-state index contributed by atoms with van der Waals surface area (Å²) >= 11 is 0. The Bertz CT molecular complexity index is 650. The first kappa shape index (κ1) is 14.7. The van der Waals surface area contributed by atoms with E-state index in [0.29, 0.717) is 18.1 Å². The predicted octanol–water partition coefficient (Wildman–Crippen LogP) is 2.94. The minimum absolute atomic E-state index is 0.223. The molecular weight excluding hydrogens is 264 g/mol. The number of aromatic nitrogens is 2. The van der Waals surface area contributed by atoms with Gasteiger partial charge in [-0.3, -0.25) is 4.79 Å². The molecule has 0 saturated carbocycles. The molecule has 2 aromatic rings. The molecule has 0 bridgehead atoms. The number of carbonyl (C=O) groups excluding carboxylic acids is 1. The highest BCUT2D eigenvalue weighted by atomic mass is 16.1. The number of hydrogen-bond acceptors (Lipinski definition) is 4. The molecule has 0 atom stereocenters. The van der Waals surface area contributed by atoms with Crippen LogP contribution in [0.2, 0.25) is 0 Å². The van der Waals surface area contributed by atoms with Gasteiger partial charge in [0.25, 0.3) is 5.91 Å². The molecule has 21 heavy (non-hydrogen) atoms. The first-order chi connectivity index (χ1) is 10.1. The van der Waals surface area contributed by atoms with Crippen LogP contribution < -0.4 is 10.6 Å². The van der Waals surface area contributed by atoms with Crippen LogP contribution in [0.4, 0.5) is 11.6 Å². The Balaban J connectivity index is 2.09. The minimum atomic E-state index is -0.223. The molecule has 2 N–H and O–H groups in total. The molecule has 0 fully saturated rings. The quantitative estimate of drug-likeness (QED) is 0.827. The molecular formula is C16H18N4O. The highest BCUT2D eigenvalue weighted by Gasteiger charge is 2.09. The topological polar surface area (TPSA) is 66.9 Å². The molecule has 0 saturated heterocycles. The zero-order valence-electron chi connectivity index (χ0n) is 12.2. The highest BCUT2D eigenvalue weighted by Crippen LogP contribution is 2.17. The third-order valence-corrected chi connectivity index (χ3v) is 2.96. The van der Waals surface area contributed by atoms with E-state index in [-0.39, 0.29) is 5.91 Å². The number of benzene rings is 1. The van der Waals surface area contributed by atoms with E-state index < -0.39 is 0 Å². The maximum absolute atomic E-state index is 12.2. The third-order valence-electron chi connectivity index (χ3n) is 2.96. The first-order valence-corrected chi connectivity index (χ1v) is 6.65. The third kappa shape index (κ3) is 3.89. The van der Waals surface area contributed by atoms with E-state index in [4.69, 9.17) is 0 Å². The van der Waals surface area contributed by atoms with Crippen LogP contribution in [0.25, 0.3) is 0 Å². The summed E-state index contributed by atoms with van der Waals surface area (Å²) in [6.45, 7) is 8.12. The normalized spacial score (nSPS) is 10.0. The van der Waals surface area contributed by atoms with Crippen molar-refractivity contribution in [2.45, 2.75) is 13.8 Å². The van der Waals surface area contributed by atoms with Gasteiger partial charge in [-0.15, -0.1) is 6.58 Å². The molecule has 0 aliphatic heterocycles. The van der Waals surface area contributed by atoms with E-state index in [1.807, 2.05) is 32.0 Å². The molecule has 2 rings (SSSR count). The molecule has 5 heteroatoms. The van der Waals surface area contributed by atoms with Crippen molar-refractivity contribution in [2.75, 3.05) is 17.2 Å². The van der Waals surface area contributed by atoms with Crippen molar-refractivity contribution < 1.29 is 4.79 Å². The number of amides is 1.